The third kappa shape index (κ3) is 1.46. The van der Waals surface area contributed by atoms with Crippen LogP contribution in [-0.4, -0.2) is 4.98 Å². The average molecular weight is 255 g/mol. The van der Waals surface area contributed by atoms with Crippen LogP contribution in [0.3, 0.4) is 0 Å². The molecule has 0 radical (unpaired) electrons. The van der Waals surface area contributed by atoms with E-state index in [1.807, 2.05) is 22.6 Å². The lowest BCUT2D eigenvalue weighted by molar-refractivity contribution is 1.28. The molecule has 2 nitrogen and oxygen atoms in total. The minimum Gasteiger partial charge on any atom is -0.365 e. The monoisotopic (exact) mass is 255 g/mol. The van der Waals surface area contributed by atoms with Crippen molar-refractivity contribution in [1.82, 2.24) is 4.98 Å². The van der Waals surface area contributed by atoms with Gasteiger partial charge in [0, 0.05) is 12.4 Å². The number of aromatic nitrogens is 1. The first-order valence-electron chi connectivity index (χ1n) is 2.24. The molecule has 0 spiro atoms. The zero-order chi connectivity index (χ0) is 6.85. The summed E-state index contributed by atoms with van der Waals surface area (Å²) < 4.78 is 0.611. The van der Waals surface area contributed by atoms with E-state index in [9.17, 15) is 4.79 Å². The fourth-order valence-corrected chi connectivity index (χ4v) is 1.23. The van der Waals surface area contributed by atoms with Crippen LogP contribution in [0.15, 0.2) is 17.2 Å². The van der Waals surface area contributed by atoms with Crippen LogP contribution in [0, 0.1) is 3.57 Å². The van der Waals surface area contributed by atoms with E-state index in [1.165, 1.54) is 6.20 Å². The minimum absolute atomic E-state index is 0.115. The van der Waals surface area contributed by atoms with E-state index in [0.717, 1.165) is 0 Å². The van der Waals surface area contributed by atoms with Crippen molar-refractivity contribution in [1.29, 1.82) is 0 Å². The first-order valence-corrected chi connectivity index (χ1v) is 3.69. The second kappa shape index (κ2) is 2.70. The molecule has 1 rings (SSSR count). The van der Waals surface area contributed by atoms with Gasteiger partial charge in [-0.25, -0.2) is 0 Å². The number of nitrogens with one attached hydrogen (secondary N) is 1. The van der Waals surface area contributed by atoms with E-state index >= 15 is 0 Å². The Balaban J connectivity index is 3.43. The van der Waals surface area contributed by atoms with E-state index in [4.69, 9.17) is 11.6 Å². The summed E-state index contributed by atoms with van der Waals surface area (Å²) in [5, 5.41) is 0.238. The maximum atomic E-state index is 10.8. The Morgan fingerprint density at radius 3 is 2.67 bits per heavy atom. The van der Waals surface area contributed by atoms with Crippen molar-refractivity contribution in [2.45, 2.75) is 0 Å². The van der Waals surface area contributed by atoms with E-state index in [0.29, 0.717) is 3.57 Å². The molecule has 0 aliphatic rings. The third-order valence-corrected chi connectivity index (χ3v) is 1.94. The molecule has 1 aromatic heterocycles. The predicted octanol–water partition coefficient (Wildman–Crippen LogP) is 1.63. The molecule has 0 bridgehead atoms. The maximum Gasteiger partial charge on any atom is 0.213 e. The molecule has 48 valence electrons. The first-order chi connectivity index (χ1) is 4.22. The van der Waals surface area contributed by atoms with Gasteiger partial charge in [-0.05, 0) is 22.6 Å². The lowest BCUT2D eigenvalue weighted by Crippen LogP contribution is -2.04. The molecule has 1 N–H and O–H groups in total. The Bertz CT molecular complexity index is 247. The fraction of sp³-hybridized carbons (Fsp3) is 0. The highest BCUT2D eigenvalue weighted by molar-refractivity contribution is 14.1. The normalized spacial score (nSPS) is 9.56. The van der Waals surface area contributed by atoms with Crippen molar-refractivity contribution in [3.8, 4) is 0 Å². The molecule has 1 heterocycles. The van der Waals surface area contributed by atoms with Gasteiger partial charge >= 0.3 is 0 Å². The van der Waals surface area contributed by atoms with Gasteiger partial charge in [0.25, 0.3) is 0 Å². The molecule has 0 amide bonds. The molecule has 0 saturated carbocycles. The minimum atomic E-state index is -0.115. The number of hydrogen-bond acceptors (Lipinski definition) is 1. The largest absolute Gasteiger partial charge is 0.365 e. The van der Waals surface area contributed by atoms with E-state index in [-0.39, 0.29) is 10.5 Å². The zero-order valence-corrected chi connectivity index (χ0v) is 7.23. The average Bonchev–Trinajstić information content (AvgIpc) is 1.83. The van der Waals surface area contributed by atoms with Crippen molar-refractivity contribution in [3.63, 3.8) is 0 Å². The van der Waals surface area contributed by atoms with Crippen LogP contribution in [0.4, 0.5) is 0 Å². The highest BCUT2D eigenvalue weighted by Gasteiger charge is 1.96. The summed E-state index contributed by atoms with van der Waals surface area (Å²) >= 11 is 7.39. The molecule has 0 aliphatic heterocycles. The molecule has 0 atom stereocenters. The standard InChI is InChI=1S/C5H3ClINO/c6-3-1-8-2-4(7)5(3)9/h1-2H,(H,8,9). The summed E-state index contributed by atoms with van der Waals surface area (Å²) in [4.78, 5) is 13.5. The topological polar surface area (TPSA) is 32.9 Å². The van der Waals surface area contributed by atoms with Gasteiger partial charge in [-0.15, -0.1) is 0 Å². The van der Waals surface area contributed by atoms with E-state index in [2.05, 4.69) is 4.98 Å². The van der Waals surface area contributed by atoms with Gasteiger partial charge < -0.3 is 4.98 Å². The van der Waals surface area contributed by atoms with Crippen LogP contribution in [0.5, 0.6) is 0 Å². The summed E-state index contributed by atoms with van der Waals surface area (Å²) in [6.45, 7) is 0. The van der Waals surface area contributed by atoms with Crippen LogP contribution in [-0.2, 0) is 0 Å². The second-order valence-electron chi connectivity index (χ2n) is 1.48. The molecule has 0 fully saturated rings. The van der Waals surface area contributed by atoms with Gasteiger partial charge in [-0.1, -0.05) is 11.6 Å². The van der Waals surface area contributed by atoms with Gasteiger partial charge in [-0.2, -0.15) is 0 Å². The van der Waals surface area contributed by atoms with Gasteiger partial charge in [0.2, 0.25) is 5.43 Å². The number of halogens is 2. The van der Waals surface area contributed by atoms with Crippen LogP contribution in [0.1, 0.15) is 0 Å². The van der Waals surface area contributed by atoms with Crippen molar-refractivity contribution < 1.29 is 0 Å². The lowest BCUT2D eigenvalue weighted by atomic mass is 10.5. The molecule has 0 unspecified atom stereocenters. The number of hydrogen-bond donors (Lipinski definition) is 1. The Morgan fingerprint density at radius 1 is 1.56 bits per heavy atom. The van der Waals surface area contributed by atoms with Crippen LogP contribution >= 0.6 is 34.2 Å². The van der Waals surface area contributed by atoms with Gasteiger partial charge in [0.1, 0.15) is 5.02 Å². The Kier molecular flexibility index (Phi) is 2.13. The van der Waals surface area contributed by atoms with Crippen molar-refractivity contribution in [2.75, 3.05) is 0 Å². The molecular formula is C5H3ClINO. The smallest absolute Gasteiger partial charge is 0.213 e. The molecule has 0 aromatic carbocycles. The zero-order valence-electron chi connectivity index (χ0n) is 4.32. The second-order valence-corrected chi connectivity index (χ2v) is 3.05. The van der Waals surface area contributed by atoms with E-state index in [1.54, 1.807) is 6.20 Å². The summed E-state index contributed by atoms with van der Waals surface area (Å²) in [6.07, 6.45) is 3.07. The molecular weight excluding hydrogens is 252 g/mol. The quantitative estimate of drug-likeness (QED) is 0.702. The van der Waals surface area contributed by atoms with E-state index < -0.39 is 0 Å². The molecule has 4 heteroatoms. The summed E-state index contributed by atoms with van der Waals surface area (Å²) in [6, 6.07) is 0. The SMILES string of the molecule is O=c1c(Cl)c[nH]cc1I. The lowest BCUT2D eigenvalue weighted by Gasteiger charge is -1.87. The summed E-state index contributed by atoms with van der Waals surface area (Å²) in [5.74, 6) is 0. The van der Waals surface area contributed by atoms with Crippen LogP contribution in [0.2, 0.25) is 5.02 Å². The van der Waals surface area contributed by atoms with Crippen LogP contribution < -0.4 is 5.43 Å². The molecule has 0 saturated heterocycles. The number of rotatable bonds is 0. The van der Waals surface area contributed by atoms with Gasteiger partial charge in [0.05, 0.1) is 3.57 Å². The predicted molar refractivity (Wildman–Crippen MR) is 44.8 cm³/mol. The van der Waals surface area contributed by atoms with Gasteiger partial charge in [0.15, 0.2) is 0 Å². The summed E-state index contributed by atoms with van der Waals surface area (Å²) in [7, 11) is 0. The highest BCUT2D eigenvalue weighted by Crippen LogP contribution is 2.01. The number of H-pyrrole nitrogens is 1. The Morgan fingerprint density at radius 2 is 2.22 bits per heavy atom. The Labute approximate surface area is 70.4 Å². The number of aromatic amines is 1. The Hall–Kier alpha value is -0.0300. The maximum absolute atomic E-state index is 10.8. The van der Waals surface area contributed by atoms with Crippen molar-refractivity contribution in [2.24, 2.45) is 0 Å². The molecule has 0 aliphatic carbocycles. The highest BCUT2D eigenvalue weighted by atomic mass is 127. The first kappa shape index (κ1) is 7.08. The fourth-order valence-electron chi connectivity index (χ4n) is 0.433. The number of pyridine rings is 1. The van der Waals surface area contributed by atoms with Crippen LogP contribution in [0.25, 0.3) is 0 Å². The molecule has 9 heavy (non-hydrogen) atoms. The summed E-state index contributed by atoms with van der Waals surface area (Å²) in [5.41, 5.74) is -0.115. The van der Waals surface area contributed by atoms with Gasteiger partial charge in [-0.3, -0.25) is 4.79 Å². The van der Waals surface area contributed by atoms with Crippen molar-refractivity contribution >= 4 is 34.2 Å². The van der Waals surface area contributed by atoms with Crippen molar-refractivity contribution in [3.05, 3.63) is 31.2 Å². The molecule has 1 aromatic rings. The third-order valence-electron chi connectivity index (χ3n) is 0.854.